The van der Waals surface area contributed by atoms with Crippen molar-refractivity contribution in [2.45, 2.75) is 24.7 Å². The fraction of sp³-hybridized carbons (Fsp3) is 0.286. The number of nitrogens with two attached hydrogens (primary N) is 1. The number of imide groups is 2. The van der Waals surface area contributed by atoms with Crippen molar-refractivity contribution in [3.05, 3.63) is 29.3 Å². The van der Waals surface area contributed by atoms with E-state index in [1.807, 2.05) is 0 Å². The summed E-state index contributed by atoms with van der Waals surface area (Å²) in [4.78, 5) is 49.4. The van der Waals surface area contributed by atoms with E-state index in [0.29, 0.717) is 4.90 Å². The predicted octanol–water partition coefficient (Wildman–Crippen LogP) is -0.444. The summed E-state index contributed by atoms with van der Waals surface area (Å²) in [6.45, 7) is 0. The van der Waals surface area contributed by atoms with Crippen LogP contribution in [0.1, 0.15) is 40.0 Å². The first-order valence-corrected chi connectivity index (χ1v) is 6.77. The summed E-state index contributed by atoms with van der Waals surface area (Å²) in [5, 5.41) is 2.11. The van der Waals surface area contributed by atoms with Crippen molar-refractivity contribution >= 4 is 37.2 Å². The number of hydrogen-bond donors (Lipinski definition) is 2. The lowest BCUT2D eigenvalue weighted by atomic mass is 9.72. The highest BCUT2D eigenvalue weighted by molar-refractivity contribution is 6.37. The molecule has 2 heterocycles. The zero-order chi connectivity index (χ0) is 16.1. The molecule has 3 N–H and O–H groups in total. The molecule has 7 nitrogen and oxygen atoms in total. The highest BCUT2D eigenvalue weighted by Crippen LogP contribution is 2.34. The third-order valence-corrected chi connectivity index (χ3v) is 3.95. The van der Waals surface area contributed by atoms with E-state index in [-0.39, 0.29) is 36.1 Å². The zero-order valence-electron chi connectivity index (χ0n) is 11.6. The van der Waals surface area contributed by atoms with Crippen LogP contribution in [-0.4, -0.2) is 41.8 Å². The molecule has 4 amide bonds. The van der Waals surface area contributed by atoms with E-state index in [1.165, 1.54) is 12.1 Å². The van der Waals surface area contributed by atoms with E-state index >= 15 is 0 Å². The van der Waals surface area contributed by atoms with Crippen LogP contribution < -0.4 is 11.1 Å². The van der Waals surface area contributed by atoms with Gasteiger partial charge in [0.2, 0.25) is 11.8 Å². The van der Waals surface area contributed by atoms with Crippen molar-refractivity contribution in [1.82, 2.24) is 10.2 Å². The van der Waals surface area contributed by atoms with Crippen molar-refractivity contribution in [2.75, 3.05) is 5.73 Å². The number of rotatable bonds is 1. The summed E-state index contributed by atoms with van der Waals surface area (Å²) in [5.41, 5.74) is 4.15. The fourth-order valence-corrected chi connectivity index (χ4v) is 2.82. The number of carbonyl (C=O) groups is 4. The molecule has 1 fully saturated rings. The lowest BCUT2D eigenvalue weighted by Gasteiger charge is -2.35. The normalized spacial score (nSPS) is 25.0. The Balaban J connectivity index is 2.08. The third-order valence-electron chi connectivity index (χ3n) is 3.95. The second kappa shape index (κ2) is 4.69. The Morgan fingerprint density at radius 3 is 2.59 bits per heavy atom. The number of fused-ring (bicyclic) bond motifs is 1. The lowest BCUT2D eigenvalue weighted by molar-refractivity contribution is -0.132. The number of hydrogen-bond acceptors (Lipinski definition) is 5. The van der Waals surface area contributed by atoms with Crippen molar-refractivity contribution in [2.24, 2.45) is 0 Å². The second-order valence-electron chi connectivity index (χ2n) is 5.37. The summed E-state index contributed by atoms with van der Waals surface area (Å²) in [7, 11) is 6.06. The molecule has 2 aliphatic rings. The van der Waals surface area contributed by atoms with Gasteiger partial charge in [0.05, 0.1) is 16.6 Å². The van der Waals surface area contributed by atoms with Gasteiger partial charge in [-0.25, -0.2) is 0 Å². The summed E-state index contributed by atoms with van der Waals surface area (Å²) in [5.74, 6) is -2.74. The van der Waals surface area contributed by atoms with Crippen LogP contribution in [0.5, 0.6) is 0 Å². The largest absolute Gasteiger partial charge is 0.398 e. The van der Waals surface area contributed by atoms with Gasteiger partial charge in [-0.05, 0) is 25.0 Å². The quantitative estimate of drug-likeness (QED) is 0.415. The molecule has 0 aromatic heterocycles. The second-order valence-corrected chi connectivity index (χ2v) is 5.37. The SMILES string of the molecule is [B]C1(N2C(=O)c3cccc(N)c3C2=O)CCCC(=O)NC1=O. The molecular formula is C14H12BN3O4. The zero-order valence-corrected chi connectivity index (χ0v) is 11.6. The number of benzene rings is 1. The molecule has 0 bridgehead atoms. The first kappa shape index (κ1) is 14.3. The van der Waals surface area contributed by atoms with E-state index in [9.17, 15) is 19.2 Å². The molecule has 2 radical (unpaired) electrons. The van der Waals surface area contributed by atoms with Gasteiger partial charge < -0.3 is 5.73 Å². The number of nitrogen functional groups attached to an aromatic ring is 1. The van der Waals surface area contributed by atoms with Gasteiger partial charge in [0.1, 0.15) is 7.85 Å². The predicted molar refractivity (Wildman–Crippen MR) is 76.8 cm³/mol. The first-order valence-electron chi connectivity index (χ1n) is 6.77. The van der Waals surface area contributed by atoms with E-state index < -0.39 is 29.1 Å². The smallest absolute Gasteiger partial charge is 0.263 e. The molecule has 3 rings (SSSR count). The highest BCUT2D eigenvalue weighted by Gasteiger charge is 2.51. The van der Waals surface area contributed by atoms with E-state index in [2.05, 4.69) is 5.32 Å². The molecule has 110 valence electrons. The third kappa shape index (κ3) is 1.83. The maximum atomic E-state index is 12.6. The minimum atomic E-state index is -1.90. The van der Waals surface area contributed by atoms with Gasteiger partial charge in [0.15, 0.2) is 0 Å². The molecule has 1 unspecified atom stereocenters. The molecule has 0 aliphatic carbocycles. The minimum Gasteiger partial charge on any atom is -0.398 e. The van der Waals surface area contributed by atoms with E-state index in [0.717, 1.165) is 0 Å². The molecule has 22 heavy (non-hydrogen) atoms. The van der Waals surface area contributed by atoms with Crippen LogP contribution in [0.15, 0.2) is 18.2 Å². The van der Waals surface area contributed by atoms with Gasteiger partial charge in [-0.2, -0.15) is 0 Å². The van der Waals surface area contributed by atoms with Crippen LogP contribution in [0, 0.1) is 0 Å². The van der Waals surface area contributed by atoms with Gasteiger partial charge in [-0.15, -0.1) is 0 Å². The van der Waals surface area contributed by atoms with Crippen LogP contribution >= 0.6 is 0 Å². The summed E-state index contributed by atoms with van der Waals surface area (Å²) < 4.78 is 0. The Morgan fingerprint density at radius 1 is 1.18 bits per heavy atom. The topological polar surface area (TPSA) is 110 Å². The standard InChI is InChI=1S/C14H12BN3O4/c15-14(6-2-5-9(19)17-13(14)22)18-11(20)7-3-1-4-8(16)10(7)12(18)21/h1,3-4H,2,5-6,16H2,(H,17,19,22). The maximum absolute atomic E-state index is 12.6. The van der Waals surface area contributed by atoms with E-state index in [1.54, 1.807) is 6.07 Å². The first-order chi connectivity index (χ1) is 10.4. The molecule has 1 aromatic carbocycles. The molecule has 8 heteroatoms. The average Bonchev–Trinajstić information content (AvgIpc) is 2.63. The van der Waals surface area contributed by atoms with Gasteiger partial charge in [-0.1, -0.05) is 6.07 Å². The molecule has 2 aliphatic heterocycles. The summed E-state index contributed by atoms with van der Waals surface area (Å²) >= 11 is 0. The molecular weight excluding hydrogens is 285 g/mol. The van der Waals surface area contributed by atoms with Crippen molar-refractivity contribution in [3.8, 4) is 0 Å². The molecule has 0 spiro atoms. The monoisotopic (exact) mass is 297 g/mol. The van der Waals surface area contributed by atoms with Gasteiger partial charge >= 0.3 is 0 Å². The Bertz CT molecular complexity index is 733. The van der Waals surface area contributed by atoms with Crippen LogP contribution in [0.3, 0.4) is 0 Å². The molecule has 1 saturated heterocycles. The van der Waals surface area contributed by atoms with Crippen molar-refractivity contribution in [3.63, 3.8) is 0 Å². The average molecular weight is 297 g/mol. The molecule has 1 atom stereocenters. The van der Waals surface area contributed by atoms with Gasteiger partial charge in [0, 0.05) is 12.1 Å². The van der Waals surface area contributed by atoms with Crippen molar-refractivity contribution in [1.29, 1.82) is 0 Å². The summed E-state index contributed by atoms with van der Waals surface area (Å²) in [6.07, 6.45) is 0.406. The van der Waals surface area contributed by atoms with Crippen LogP contribution in [0.4, 0.5) is 5.69 Å². The Morgan fingerprint density at radius 2 is 1.91 bits per heavy atom. The summed E-state index contributed by atoms with van der Waals surface area (Å²) in [6, 6.07) is 4.49. The van der Waals surface area contributed by atoms with Crippen LogP contribution in [0.25, 0.3) is 0 Å². The van der Waals surface area contributed by atoms with Crippen LogP contribution in [0.2, 0.25) is 0 Å². The Labute approximate surface area is 127 Å². The number of nitrogens with one attached hydrogen (secondary N) is 1. The lowest BCUT2D eigenvalue weighted by Crippen LogP contribution is -2.61. The molecule has 0 saturated carbocycles. The van der Waals surface area contributed by atoms with E-state index in [4.69, 9.17) is 13.6 Å². The Hall–Kier alpha value is -2.64. The highest BCUT2D eigenvalue weighted by atomic mass is 16.2. The number of anilines is 1. The Kier molecular flexibility index (Phi) is 3.05. The maximum Gasteiger partial charge on any atom is 0.263 e. The van der Waals surface area contributed by atoms with Crippen LogP contribution in [-0.2, 0) is 9.59 Å². The van der Waals surface area contributed by atoms with Crippen molar-refractivity contribution < 1.29 is 19.2 Å². The van der Waals surface area contributed by atoms with Gasteiger partial charge in [0.25, 0.3) is 11.8 Å². The fourth-order valence-electron chi connectivity index (χ4n) is 2.82. The number of amides is 4. The van der Waals surface area contributed by atoms with Gasteiger partial charge in [-0.3, -0.25) is 29.4 Å². The molecule has 1 aromatic rings. The number of carbonyl (C=O) groups excluding carboxylic acids is 4. The number of nitrogens with zero attached hydrogens (tertiary/aromatic N) is 1. The minimum absolute atomic E-state index is 0.00987.